The van der Waals surface area contributed by atoms with Crippen LogP contribution < -0.4 is 15.4 Å². The van der Waals surface area contributed by atoms with Crippen LogP contribution in [0.4, 0.5) is 17.3 Å². The van der Waals surface area contributed by atoms with Crippen molar-refractivity contribution in [2.24, 2.45) is 0 Å². The van der Waals surface area contributed by atoms with Gasteiger partial charge >= 0.3 is 0 Å². The van der Waals surface area contributed by atoms with Crippen LogP contribution >= 0.6 is 0 Å². The van der Waals surface area contributed by atoms with Gasteiger partial charge in [0.15, 0.2) is 0 Å². The Balaban J connectivity index is 1.83. The molecule has 0 spiro atoms. The lowest BCUT2D eigenvalue weighted by Gasteiger charge is -2.11. The highest BCUT2D eigenvalue weighted by molar-refractivity contribution is 6.03. The van der Waals surface area contributed by atoms with E-state index in [-0.39, 0.29) is 5.91 Å². The first-order chi connectivity index (χ1) is 13.1. The van der Waals surface area contributed by atoms with Crippen molar-refractivity contribution in [1.82, 2.24) is 9.97 Å². The molecule has 0 fully saturated rings. The average molecular weight is 362 g/mol. The Hall–Kier alpha value is -3.41. The van der Waals surface area contributed by atoms with Gasteiger partial charge in [-0.25, -0.2) is 9.97 Å². The number of methoxy groups -OCH3 is 1. The molecule has 0 aliphatic carbocycles. The zero-order valence-corrected chi connectivity index (χ0v) is 15.6. The van der Waals surface area contributed by atoms with E-state index >= 15 is 0 Å². The number of ether oxygens (including phenoxy) is 1. The second-order valence-corrected chi connectivity index (χ2v) is 6.04. The molecule has 27 heavy (non-hydrogen) atoms. The zero-order valence-electron chi connectivity index (χ0n) is 15.6. The molecule has 0 saturated heterocycles. The van der Waals surface area contributed by atoms with Crippen molar-refractivity contribution < 1.29 is 9.53 Å². The van der Waals surface area contributed by atoms with Gasteiger partial charge in [-0.15, -0.1) is 0 Å². The number of benzene rings is 2. The van der Waals surface area contributed by atoms with E-state index in [4.69, 9.17) is 4.74 Å². The largest absolute Gasteiger partial charge is 0.497 e. The van der Waals surface area contributed by atoms with Crippen LogP contribution in [0.25, 0.3) is 0 Å². The van der Waals surface area contributed by atoms with Crippen LogP contribution in [0.15, 0.2) is 54.6 Å². The maximum Gasteiger partial charge on any atom is 0.274 e. The first-order valence-corrected chi connectivity index (χ1v) is 8.75. The summed E-state index contributed by atoms with van der Waals surface area (Å²) in [6.45, 7) is 3.92. The SMILES string of the molecule is CCc1ccccc1Nc1nc(C)cc(C(=O)Nc2cccc(OC)c2)n1. The smallest absolute Gasteiger partial charge is 0.274 e. The van der Waals surface area contributed by atoms with Gasteiger partial charge in [0, 0.05) is 23.1 Å². The molecule has 2 N–H and O–H groups in total. The molecule has 138 valence electrons. The second-order valence-electron chi connectivity index (χ2n) is 6.04. The lowest BCUT2D eigenvalue weighted by atomic mass is 10.1. The third kappa shape index (κ3) is 4.61. The molecule has 0 radical (unpaired) electrons. The minimum absolute atomic E-state index is 0.293. The van der Waals surface area contributed by atoms with Crippen LogP contribution in [-0.2, 0) is 6.42 Å². The Labute approximate surface area is 158 Å². The lowest BCUT2D eigenvalue weighted by molar-refractivity contribution is 0.102. The van der Waals surface area contributed by atoms with Crippen LogP contribution in [0.3, 0.4) is 0 Å². The van der Waals surface area contributed by atoms with Gasteiger partial charge in [-0.2, -0.15) is 0 Å². The molecule has 0 bridgehead atoms. The topological polar surface area (TPSA) is 76.1 Å². The van der Waals surface area contributed by atoms with Crippen molar-refractivity contribution in [1.29, 1.82) is 0 Å². The number of aryl methyl sites for hydroxylation is 2. The predicted molar refractivity (Wildman–Crippen MR) is 107 cm³/mol. The number of nitrogens with one attached hydrogen (secondary N) is 2. The number of aromatic nitrogens is 2. The number of carbonyl (C=O) groups excluding carboxylic acids is 1. The molecule has 0 saturated carbocycles. The van der Waals surface area contributed by atoms with Crippen LogP contribution in [-0.4, -0.2) is 23.0 Å². The highest BCUT2D eigenvalue weighted by Gasteiger charge is 2.12. The van der Waals surface area contributed by atoms with E-state index in [2.05, 4.69) is 33.6 Å². The zero-order chi connectivity index (χ0) is 19.2. The molecule has 3 aromatic rings. The van der Waals surface area contributed by atoms with Gasteiger partial charge in [0.1, 0.15) is 11.4 Å². The molecule has 1 heterocycles. The second kappa shape index (κ2) is 8.31. The fourth-order valence-corrected chi connectivity index (χ4v) is 2.71. The number of para-hydroxylation sites is 1. The Morgan fingerprint density at radius 3 is 2.67 bits per heavy atom. The fraction of sp³-hybridized carbons (Fsp3) is 0.190. The van der Waals surface area contributed by atoms with Crippen molar-refractivity contribution in [3.63, 3.8) is 0 Å². The molecule has 6 heteroatoms. The minimum atomic E-state index is -0.305. The summed E-state index contributed by atoms with van der Waals surface area (Å²) in [4.78, 5) is 21.4. The third-order valence-electron chi connectivity index (χ3n) is 4.06. The fourth-order valence-electron chi connectivity index (χ4n) is 2.71. The van der Waals surface area contributed by atoms with Crippen LogP contribution in [0, 0.1) is 6.92 Å². The lowest BCUT2D eigenvalue weighted by Crippen LogP contribution is -2.15. The van der Waals surface area contributed by atoms with Gasteiger partial charge in [-0.3, -0.25) is 4.79 Å². The number of amides is 1. The summed E-state index contributed by atoms with van der Waals surface area (Å²) >= 11 is 0. The summed E-state index contributed by atoms with van der Waals surface area (Å²) in [5.41, 5.74) is 3.73. The predicted octanol–water partition coefficient (Wildman–Crippen LogP) is 4.35. The van der Waals surface area contributed by atoms with Crippen molar-refractivity contribution in [3.8, 4) is 5.75 Å². The van der Waals surface area contributed by atoms with Crippen LogP contribution in [0.2, 0.25) is 0 Å². The van der Waals surface area contributed by atoms with Crippen molar-refractivity contribution >= 4 is 23.2 Å². The average Bonchev–Trinajstić information content (AvgIpc) is 2.68. The van der Waals surface area contributed by atoms with E-state index in [0.717, 1.165) is 17.7 Å². The highest BCUT2D eigenvalue weighted by atomic mass is 16.5. The van der Waals surface area contributed by atoms with Gasteiger partial charge in [0.25, 0.3) is 5.91 Å². The molecule has 6 nitrogen and oxygen atoms in total. The summed E-state index contributed by atoms with van der Waals surface area (Å²) in [5.74, 6) is 0.762. The first kappa shape index (κ1) is 18.4. The molecular weight excluding hydrogens is 340 g/mol. The first-order valence-electron chi connectivity index (χ1n) is 8.75. The summed E-state index contributed by atoms with van der Waals surface area (Å²) in [6.07, 6.45) is 0.887. The standard InChI is InChI=1S/C21H22N4O2/c1-4-15-8-5-6-11-18(15)24-21-22-14(2)12-19(25-21)20(26)23-16-9-7-10-17(13-16)27-3/h5-13H,4H2,1-3H3,(H,23,26)(H,22,24,25). The highest BCUT2D eigenvalue weighted by Crippen LogP contribution is 2.20. The molecular formula is C21H22N4O2. The van der Waals surface area contributed by atoms with E-state index in [9.17, 15) is 4.79 Å². The number of carbonyl (C=O) groups is 1. The summed E-state index contributed by atoms with van der Waals surface area (Å²) in [6, 6.07) is 16.8. The number of anilines is 3. The molecule has 0 atom stereocenters. The number of hydrogen-bond acceptors (Lipinski definition) is 5. The molecule has 2 aromatic carbocycles. The summed E-state index contributed by atoms with van der Waals surface area (Å²) in [5, 5.41) is 6.06. The van der Waals surface area contributed by atoms with E-state index in [0.29, 0.717) is 28.8 Å². The number of hydrogen-bond donors (Lipinski definition) is 2. The Morgan fingerprint density at radius 2 is 1.89 bits per heavy atom. The van der Waals surface area contributed by atoms with Crippen molar-refractivity contribution in [2.45, 2.75) is 20.3 Å². The third-order valence-corrected chi connectivity index (χ3v) is 4.06. The maximum absolute atomic E-state index is 12.6. The molecule has 0 aliphatic heterocycles. The molecule has 1 amide bonds. The molecule has 0 aliphatic rings. The van der Waals surface area contributed by atoms with Gasteiger partial charge in [-0.1, -0.05) is 31.2 Å². The maximum atomic E-state index is 12.6. The molecule has 0 unspecified atom stereocenters. The monoisotopic (exact) mass is 362 g/mol. The van der Waals surface area contributed by atoms with Gasteiger partial charge in [0.2, 0.25) is 5.95 Å². The Morgan fingerprint density at radius 1 is 1.07 bits per heavy atom. The normalized spacial score (nSPS) is 10.3. The quantitative estimate of drug-likeness (QED) is 0.682. The van der Waals surface area contributed by atoms with Gasteiger partial charge in [0.05, 0.1) is 7.11 Å². The minimum Gasteiger partial charge on any atom is -0.497 e. The van der Waals surface area contributed by atoms with E-state index < -0.39 is 0 Å². The molecule has 3 rings (SSSR count). The van der Waals surface area contributed by atoms with E-state index in [1.54, 1.807) is 25.3 Å². The summed E-state index contributed by atoms with van der Waals surface area (Å²) < 4.78 is 5.18. The number of rotatable bonds is 6. The Bertz CT molecular complexity index is 956. The van der Waals surface area contributed by atoms with Gasteiger partial charge < -0.3 is 15.4 Å². The Kier molecular flexibility index (Phi) is 5.66. The molecule has 1 aromatic heterocycles. The van der Waals surface area contributed by atoms with Crippen LogP contribution in [0.1, 0.15) is 28.7 Å². The van der Waals surface area contributed by atoms with E-state index in [1.807, 2.05) is 37.3 Å². The van der Waals surface area contributed by atoms with E-state index in [1.165, 1.54) is 0 Å². The number of nitrogens with zero attached hydrogens (tertiary/aromatic N) is 2. The van der Waals surface area contributed by atoms with Gasteiger partial charge in [-0.05, 0) is 43.2 Å². The van der Waals surface area contributed by atoms with Crippen molar-refractivity contribution in [3.05, 3.63) is 71.5 Å². The van der Waals surface area contributed by atoms with Crippen molar-refractivity contribution in [2.75, 3.05) is 17.7 Å². The van der Waals surface area contributed by atoms with Crippen LogP contribution in [0.5, 0.6) is 5.75 Å². The summed E-state index contributed by atoms with van der Waals surface area (Å²) in [7, 11) is 1.58.